The number of ether oxygens (including phenoxy) is 1. The largest absolute Gasteiger partial charge is 0.494 e. The van der Waals surface area contributed by atoms with E-state index in [-0.39, 0.29) is 11.3 Å². The molecule has 0 aromatic heterocycles. The Balaban J connectivity index is 1.78. The van der Waals surface area contributed by atoms with Crippen molar-refractivity contribution < 1.29 is 23.1 Å². The quantitative estimate of drug-likeness (QED) is 0.666. The lowest BCUT2D eigenvalue weighted by molar-refractivity contribution is -0.120. The highest BCUT2D eigenvalue weighted by Crippen LogP contribution is 2.37. The fraction of sp³-hybridized carbons (Fsp3) is 0.333. The number of nitrogens with zero attached hydrogens (tertiary/aromatic N) is 2. The van der Waals surface area contributed by atoms with Crippen molar-refractivity contribution in [2.75, 3.05) is 24.6 Å². The van der Waals surface area contributed by atoms with Gasteiger partial charge in [0.25, 0.3) is 11.8 Å². The lowest BCUT2D eigenvalue weighted by Gasteiger charge is -2.32. The van der Waals surface area contributed by atoms with Gasteiger partial charge in [0, 0.05) is 19.2 Å². The maximum absolute atomic E-state index is 13.9. The van der Waals surface area contributed by atoms with Gasteiger partial charge in [0.1, 0.15) is 11.4 Å². The second kappa shape index (κ2) is 8.49. The number of carbonyl (C=O) groups excluding carboxylic acids is 2. The molecule has 2 aromatic carbocycles. The molecular weight excluding hydrogens is 402 g/mol. The van der Waals surface area contributed by atoms with Gasteiger partial charge >= 0.3 is 0 Å². The summed E-state index contributed by atoms with van der Waals surface area (Å²) in [5, 5.41) is 0. The van der Waals surface area contributed by atoms with Crippen LogP contribution >= 0.6 is 0 Å². The van der Waals surface area contributed by atoms with E-state index >= 15 is 0 Å². The number of imide groups is 1. The summed E-state index contributed by atoms with van der Waals surface area (Å²) in [7, 11) is 0. The van der Waals surface area contributed by atoms with Crippen molar-refractivity contribution in [2.45, 2.75) is 26.7 Å². The highest BCUT2D eigenvalue weighted by molar-refractivity contribution is 6.45. The maximum atomic E-state index is 13.9. The molecule has 0 radical (unpaired) electrons. The Morgan fingerprint density at radius 3 is 2.26 bits per heavy atom. The van der Waals surface area contributed by atoms with Crippen LogP contribution in [0.1, 0.15) is 32.3 Å². The Kier molecular flexibility index (Phi) is 5.76. The number of piperidine rings is 1. The second-order valence-corrected chi connectivity index (χ2v) is 7.89. The van der Waals surface area contributed by atoms with Crippen LogP contribution in [-0.2, 0) is 9.59 Å². The van der Waals surface area contributed by atoms with Crippen LogP contribution in [0, 0.1) is 17.6 Å². The van der Waals surface area contributed by atoms with E-state index in [2.05, 4.69) is 6.92 Å². The van der Waals surface area contributed by atoms with E-state index in [1.807, 2.05) is 11.8 Å². The van der Waals surface area contributed by atoms with Gasteiger partial charge in [-0.25, -0.2) is 13.7 Å². The minimum Gasteiger partial charge on any atom is -0.494 e. The molecule has 7 heteroatoms. The van der Waals surface area contributed by atoms with Gasteiger partial charge in [0.2, 0.25) is 0 Å². The van der Waals surface area contributed by atoms with E-state index in [9.17, 15) is 18.4 Å². The number of amides is 2. The van der Waals surface area contributed by atoms with Crippen LogP contribution in [0.25, 0.3) is 5.57 Å². The molecule has 0 spiro atoms. The van der Waals surface area contributed by atoms with Gasteiger partial charge in [-0.2, -0.15) is 0 Å². The molecule has 2 heterocycles. The molecule has 0 saturated carbocycles. The molecule has 0 atom stereocenters. The molecule has 0 bridgehead atoms. The summed E-state index contributed by atoms with van der Waals surface area (Å²) in [5.41, 5.74) is 1.18. The van der Waals surface area contributed by atoms with Crippen LogP contribution in [-0.4, -0.2) is 36.4 Å². The minimum atomic E-state index is -1.11. The molecule has 0 unspecified atom stereocenters. The zero-order chi connectivity index (χ0) is 22.1. The Bertz CT molecular complexity index is 1040. The molecule has 2 aliphatic rings. The van der Waals surface area contributed by atoms with Crippen LogP contribution in [0.3, 0.4) is 0 Å². The fourth-order valence-electron chi connectivity index (χ4n) is 4.05. The fourth-order valence-corrected chi connectivity index (χ4v) is 4.05. The van der Waals surface area contributed by atoms with Gasteiger partial charge in [-0.3, -0.25) is 9.59 Å². The van der Waals surface area contributed by atoms with E-state index in [1.165, 1.54) is 6.07 Å². The van der Waals surface area contributed by atoms with Gasteiger partial charge in [-0.1, -0.05) is 19.1 Å². The van der Waals surface area contributed by atoms with Gasteiger partial charge in [-0.05, 0) is 55.5 Å². The predicted molar refractivity (Wildman–Crippen MR) is 113 cm³/mol. The third-order valence-electron chi connectivity index (χ3n) is 5.77. The Morgan fingerprint density at radius 2 is 1.65 bits per heavy atom. The summed E-state index contributed by atoms with van der Waals surface area (Å²) in [6.07, 6.45) is 1.82. The van der Waals surface area contributed by atoms with Crippen molar-refractivity contribution >= 4 is 23.1 Å². The van der Waals surface area contributed by atoms with Crippen LogP contribution < -0.4 is 9.64 Å². The molecule has 162 valence electrons. The first kappa shape index (κ1) is 21.0. The first-order valence-corrected chi connectivity index (χ1v) is 10.5. The zero-order valence-corrected chi connectivity index (χ0v) is 17.5. The summed E-state index contributed by atoms with van der Waals surface area (Å²) in [6, 6.07) is 10.0. The van der Waals surface area contributed by atoms with Crippen molar-refractivity contribution in [1.82, 2.24) is 4.90 Å². The lowest BCUT2D eigenvalue weighted by atomic mass is 9.97. The third kappa shape index (κ3) is 3.92. The van der Waals surface area contributed by atoms with E-state index in [0.717, 1.165) is 29.9 Å². The van der Waals surface area contributed by atoms with E-state index < -0.39 is 23.4 Å². The number of hydrogen-bond acceptors (Lipinski definition) is 4. The van der Waals surface area contributed by atoms with Gasteiger partial charge in [0.05, 0.1) is 17.9 Å². The van der Waals surface area contributed by atoms with Crippen molar-refractivity contribution in [2.24, 2.45) is 5.92 Å². The monoisotopic (exact) mass is 426 g/mol. The number of benzene rings is 2. The zero-order valence-electron chi connectivity index (χ0n) is 17.5. The standard InChI is InChI=1S/C24H24F2N2O3/c1-3-31-18-7-4-16(5-8-18)21-22(27-12-10-15(2)11-13-27)24(30)28(23(21)29)17-6-9-19(25)20(26)14-17/h4-9,14-15H,3,10-13H2,1-2H3. The summed E-state index contributed by atoms with van der Waals surface area (Å²) >= 11 is 0. The SMILES string of the molecule is CCOc1ccc(C2=C(N3CCC(C)CC3)C(=O)N(c3ccc(F)c(F)c3)C2=O)cc1. The molecule has 5 nitrogen and oxygen atoms in total. The molecular formula is C24H24F2N2O3. The molecule has 2 aromatic rings. The predicted octanol–water partition coefficient (Wildman–Crippen LogP) is 4.38. The first-order chi connectivity index (χ1) is 14.9. The van der Waals surface area contributed by atoms with Gasteiger partial charge in [-0.15, -0.1) is 0 Å². The molecule has 0 N–H and O–H groups in total. The van der Waals surface area contributed by atoms with Crippen molar-refractivity contribution in [3.8, 4) is 5.75 Å². The number of carbonyl (C=O) groups is 2. The number of anilines is 1. The van der Waals surface area contributed by atoms with E-state index in [1.54, 1.807) is 24.3 Å². The number of rotatable bonds is 5. The Hall–Kier alpha value is -3.22. The second-order valence-electron chi connectivity index (χ2n) is 7.89. The Labute approximate surface area is 179 Å². The first-order valence-electron chi connectivity index (χ1n) is 10.5. The lowest BCUT2D eigenvalue weighted by Crippen LogP contribution is -2.38. The number of hydrogen-bond donors (Lipinski definition) is 0. The number of likely N-dealkylation sites (tertiary alicyclic amines) is 1. The molecule has 4 rings (SSSR count). The summed E-state index contributed by atoms with van der Waals surface area (Å²) in [6.45, 7) is 5.86. The normalized spacial score (nSPS) is 17.7. The molecule has 2 aliphatic heterocycles. The maximum Gasteiger partial charge on any atom is 0.282 e. The number of halogens is 2. The van der Waals surface area contributed by atoms with Gasteiger partial charge < -0.3 is 9.64 Å². The highest BCUT2D eigenvalue weighted by Gasteiger charge is 2.43. The summed E-state index contributed by atoms with van der Waals surface area (Å²) < 4.78 is 32.8. The molecule has 1 saturated heterocycles. The smallest absolute Gasteiger partial charge is 0.282 e. The Morgan fingerprint density at radius 1 is 0.968 bits per heavy atom. The van der Waals surface area contributed by atoms with Crippen molar-refractivity contribution in [3.63, 3.8) is 0 Å². The van der Waals surface area contributed by atoms with Crippen LogP contribution in [0.4, 0.5) is 14.5 Å². The van der Waals surface area contributed by atoms with E-state index in [4.69, 9.17) is 4.74 Å². The van der Waals surface area contributed by atoms with Crippen LogP contribution in [0.2, 0.25) is 0 Å². The average molecular weight is 426 g/mol. The summed E-state index contributed by atoms with van der Waals surface area (Å²) in [4.78, 5) is 29.7. The highest BCUT2D eigenvalue weighted by atomic mass is 19.2. The van der Waals surface area contributed by atoms with Crippen molar-refractivity contribution in [3.05, 3.63) is 65.4 Å². The van der Waals surface area contributed by atoms with Gasteiger partial charge in [0.15, 0.2) is 11.6 Å². The average Bonchev–Trinajstić information content (AvgIpc) is 3.02. The van der Waals surface area contributed by atoms with Crippen LogP contribution in [0.15, 0.2) is 48.2 Å². The molecule has 0 aliphatic carbocycles. The van der Waals surface area contributed by atoms with E-state index in [0.29, 0.717) is 42.6 Å². The minimum absolute atomic E-state index is 0.0118. The molecule has 2 amide bonds. The van der Waals surface area contributed by atoms with Crippen molar-refractivity contribution in [1.29, 1.82) is 0 Å². The molecule has 31 heavy (non-hydrogen) atoms. The molecule has 1 fully saturated rings. The van der Waals surface area contributed by atoms with Crippen LogP contribution in [0.5, 0.6) is 5.75 Å². The summed E-state index contributed by atoms with van der Waals surface area (Å²) in [5.74, 6) is -2.01. The third-order valence-corrected chi connectivity index (χ3v) is 5.77. The topological polar surface area (TPSA) is 49.9 Å².